The third-order valence-corrected chi connectivity index (χ3v) is 3.53. The van der Waals surface area contributed by atoms with Crippen LogP contribution in [0.3, 0.4) is 0 Å². The molecular weight excluding hydrogens is 198 g/mol. The molecule has 2 heteroatoms. The van der Waals surface area contributed by atoms with Crippen molar-refractivity contribution in [2.24, 2.45) is 5.41 Å². The lowest BCUT2D eigenvalue weighted by Gasteiger charge is -2.27. The molecule has 0 unspecified atom stereocenters. The van der Waals surface area contributed by atoms with Crippen molar-refractivity contribution >= 4 is 0 Å². The minimum absolute atomic E-state index is 0.205. The highest BCUT2D eigenvalue weighted by molar-refractivity contribution is 5.17. The summed E-state index contributed by atoms with van der Waals surface area (Å²) in [4.78, 5) is 0. The predicted octanol–water partition coefficient (Wildman–Crippen LogP) is 3.29. The first-order valence-electron chi connectivity index (χ1n) is 5.89. The van der Waals surface area contributed by atoms with E-state index in [2.05, 4.69) is 24.3 Å². The zero-order valence-corrected chi connectivity index (χ0v) is 9.48. The summed E-state index contributed by atoms with van der Waals surface area (Å²) < 4.78 is 5.00. The SMILES string of the molecule is N#COCC1(Cc2ccccc2)CCCC1. The summed E-state index contributed by atoms with van der Waals surface area (Å²) in [5.41, 5.74) is 1.56. The minimum atomic E-state index is 0.205. The molecule has 1 aromatic carbocycles. The van der Waals surface area contributed by atoms with E-state index in [9.17, 15) is 0 Å². The quantitative estimate of drug-likeness (QED) is 0.722. The Morgan fingerprint density at radius 3 is 2.50 bits per heavy atom. The summed E-state index contributed by atoms with van der Waals surface area (Å²) in [6.45, 7) is 0.582. The first-order valence-corrected chi connectivity index (χ1v) is 5.89. The van der Waals surface area contributed by atoms with E-state index in [0.29, 0.717) is 6.61 Å². The first-order chi connectivity index (χ1) is 7.85. The third-order valence-electron chi connectivity index (χ3n) is 3.53. The average Bonchev–Trinajstić information content (AvgIpc) is 2.77. The second-order valence-electron chi connectivity index (χ2n) is 4.75. The number of ether oxygens (including phenoxy) is 1. The second kappa shape index (κ2) is 5.03. The Kier molecular flexibility index (Phi) is 3.46. The zero-order chi connectivity index (χ0) is 11.3. The van der Waals surface area contributed by atoms with Crippen LogP contribution in [0.2, 0.25) is 0 Å². The lowest BCUT2D eigenvalue weighted by atomic mass is 9.81. The molecule has 1 fully saturated rings. The third kappa shape index (κ3) is 2.55. The number of rotatable bonds is 4. The zero-order valence-electron chi connectivity index (χ0n) is 9.48. The van der Waals surface area contributed by atoms with Crippen LogP contribution in [0.5, 0.6) is 0 Å². The van der Waals surface area contributed by atoms with Crippen molar-refractivity contribution in [1.82, 2.24) is 0 Å². The minimum Gasteiger partial charge on any atom is -0.427 e. The van der Waals surface area contributed by atoms with Crippen molar-refractivity contribution in [3.8, 4) is 6.26 Å². The lowest BCUT2D eigenvalue weighted by molar-refractivity contribution is 0.123. The highest BCUT2D eigenvalue weighted by Crippen LogP contribution is 2.41. The molecule has 0 spiro atoms. The van der Waals surface area contributed by atoms with Gasteiger partial charge in [-0.05, 0) is 24.8 Å². The van der Waals surface area contributed by atoms with Gasteiger partial charge in [-0.2, -0.15) is 5.26 Å². The molecule has 84 valence electrons. The Hall–Kier alpha value is -1.49. The van der Waals surface area contributed by atoms with Gasteiger partial charge in [-0.15, -0.1) is 0 Å². The molecule has 1 aromatic rings. The van der Waals surface area contributed by atoms with E-state index in [-0.39, 0.29) is 5.41 Å². The Balaban J connectivity index is 2.06. The summed E-state index contributed by atoms with van der Waals surface area (Å²) in [5.74, 6) is 0. The van der Waals surface area contributed by atoms with Crippen molar-refractivity contribution in [3.63, 3.8) is 0 Å². The summed E-state index contributed by atoms with van der Waals surface area (Å²) in [7, 11) is 0. The molecule has 0 aromatic heterocycles. The van der Waals surface area contributed by atoms with Crippen molar-refractivity contribution in [3.05, 3.63) is 35.9 Å². The highest BCUT2D eigenvalue weighted by atomic mass is 16.5. The smallest absolute Gasteiger partial charge is 0.286 e. The molecule has 1 aliphatic rings. The van der Waals surface area contributed by atoms with Crippen molar-refractivity contribution in [2.75, 3.05) is 6.61 Å². The fourth-order valence-electron chi connectivity index (χ4n) is 2.71. The van der Waals surface area contributed by atoms with E-state index < -0.39 is 0 Å². The van der Waals surface area contributed by atoms with E-state index >= 15 is 0 Å². The molecule has 0 amide bonds. The summed E-state index contributed by atoms with van der Waals surface area (Å²) in [5, 5.41) is 8.53. The van der Waals surface area contributed by atoms with Crippen LogP contribution in [-0.4, -0.2) is 6.61 Å². The first kappa shape index (κ1) is 11.0. The molecule has 2 nitrogen and oxygen atoms in total. The summed E-state index contributed by atoms with van der Waals surface area (Å²) >= 11 is 0. The maximum atomic E-state index is 8.53. The van der Waals surface area contributed by atoms with Gasteiger partial charge in [0.1, 0.15) is 6.61 Å². The predicted molar refractivity (Wildman–Crippen MR) is 62.6 cm³/mol. The maximum Gasteiger partial charge on any atom is 0.286 e. The molecule has 0 radical (unpaired) electrons. The van der Waals surface area contributed by atoms with Gasteiger partial charge in [0.2, 0.25) is 0 Å². The van der Waals surface area contributed by atoms with Crippen LogP contribution < -0.4 is 0 Å². The van der Waals surface area contributed by atoms with Gasteiger partial charge < -0.3 is 4.74 Å². The van der Waals surface area contributed by atoms with Crippen molar-refractivity contribution in [2.45, 2.75) is 32.1 Å². The molecule has 0 heterocycles. The second-order valence-corrected chi connectivity index (χ2v) is 4.75. The number of hydrogen-bond acceptors (Lipinski definition) is 2. The Morgan fingerprint density at radius 1 is 1.19 bits per heavy atom. The average molecular weight is 215 g/mol. The van der Waals surface area contributed by atoms with Gasteiger partial charge in [0, 0.05) is 5.41 Å². The summed E-state index contributed by atoms with van der Waals surface area (Å²) in [6, 6.07) is 10.5. The van der Waals surface area contributed by atoms with Gasteiger partial charge in [0.05, 0.1) is 0 Å². The number of hydrogen-bond donors (Lipinski definition) is 0. The van der Waals surface area contributed by atoms with Gasteiger partial charge in [-0.1, -0.05) is 43.2 Å². The molecule has 0 saturated heterocycles. The van der Waals surface area contributed by atoms with Crippen LogP contribution in [-0.2, 0) is 11.2 Å². The Bertz CT molecular complexity index is 360. The summed E-state index contributed by atoms with van der Waals surface area (Å²) in [6.07, 6.45) is 7.74. The molecule has 0 N–H and O–H groups in total. The number of nitrogens with zero attached hydrogens (tertiary/aromatic N) is 1. The fraction of sp³-hybridized carbons (Fsp3) is 0.500. The van der Waals surface area contributed by atoms with Gasteiger partial charge in [0.15, 0.2) is 0 Å². The van der Waals surface area contributed by atoms with Crippen molar-refractivity contribution < 1.29 is 4.74 Å². The van der Waals surface area contributed by atoms with Crippen LogP contribution in [0, 0.1) is 16.9 Å². The van der Waals surface area contributed by atoms with Crippen molar-refractivity contribution in [1.29, 1.82) is 5.26 Å². The van der Waals surface area contributed by atoms with E-state index in [1.165, 1.54) is 31.2 Å². The Morgan fingerprint density at radius 2 is 1.88 bits per heavy atom. The lowest BCUT2D eigenvalue weighted by Crippen LogP contribution is -2.25. The van der Waals surface area contributed by atoms with Gasteiger partial charge in [-0.3, -0.25) is 0 Å². The van der Waals surface area contributed by atoms with Crippen LogP contribution in [0.15, 0.2) is 30.3 Å². The molecule has 1 saturated carbocycles. The fourth-order valence-corrected chi connectivity index (χ4v) is 2.71. The van der Waals surface area contributed by atoms with Crippen LogP contribution in [0.25, 0.3) is 0 Å². The maximum absolute atomic E-state index is 8.53. The molecule has 1 aliphatic carbocycles. The molecule has 16 heavy (non-hydrogen) atoms. The van der Waals surface area contributed by atoms with Gasteiger partial charge in [-0.25, -0.2) is 0 Å². The van der Waals surface area contributed by atoms with Gasteiger partial charge >= 0.3 is 0 Å². The molecular formula is C14H17NO. The van der Waals surface area contributed by atoms with E-state index in [1.807, 2.05) is 6.07 Å². The van der Waals surface area contributed by atoms with E-state index in [0.717, 1.165) is 6.42 Å². The largest absolute Gasteiger partial charge is 0.427 e. The topological polar surface area (TPSA) is 33.0 Å². The highest BCUT2D eigenvalue weighted by Gasteiger charge is 2.34. The van der Waals surface area contributed by atoms with Crippen LogP contribution >= 0.6 is 0 Å². The number of nitriles is 1. The van der Waals surface area contributed by atoms with E-state index in [4.69, 9.17) is 10.00 Å². The van der Waals surface area contributed by atoms with E-state index in [1.54, 1.807) is 6.26 Å². The molecule has 0 atom stereocenters. The normalized spacial score (nSPS) is 17.9. The van der Waals surface area contributed by atoms with Gasteiger partial charge in [0.25, 0.3) is 6.26 Å². The van der Waals surface area contributed by atoms with Crippen LogP contribution in [0.4, 0.5) is 0 Å². The Labute approximate surface area is 96.9 Å². The molecule has 0 bridgehead atoms. The number of benzene rings is 1. The van der Waals surface area contributed by atoms with Crippen LogP contribution in [0.1, 0.15) is 31.2 Å². The monoisotopic (exact) mass is 215 g/mol. The molecule has 0 aliphatic heterocycles. The standard InChI is InChI=1S/C14H17NO/c15-12-16-11-14(8-4-5-9-14)10-13-6-2-1-3-7-13/h1-3,6-7H,4-5,8-11H2. The molecule has 2 rings (SSSR count).